The average molecular weight is 308 g/mol. The Kier molecular flexibility index (Phi) is 3.85. The number of benzene rings is 1. The molecule has 1 aromatic carbocycles. The third-order valence-corrected chi connectivity index (χ3v) is 4.57. The molecule has 0 bridgehead atoms. The Labute approximate surface area is 127 Å². The van der Waals surface area contributed by atoms with Crippen molar-refractivity contribution in [2.75, 3.05) is 13.1 Å². The predicted molar refractivity (Wildman–Crippen MR) is 76.0 cm³/mol. The fraction of sp³-hybridized carbons (Fsp3) is 0.500. The molecule has 2 aliphatic heterocycles. The molecular weight excluding hydrogens is 290 g/mol. The molecule has 2 aliphatic rings. The standard InChI is InChI=1S/C16H18F2N2O2/c1-10-16(22)19-6-2-3-13(19)9-20(10)15(21)7-11-4-5-12(17)8-14(11)18/h4-5,8,10,13H,2-3,6-7,9H2,1H3/t10-,13-/m1/s1. The first kappa shape index (κ1) is 14.9. The average Bonchev–Trinajstić information content (AvgIpc) is 2.94. The number of nitrogens with zero attached hydrogens (tertiary/aromatic N) is 2. The normalized spacial score (nSPS) is 24.6. The van der Waals surface area contributed by atoms with Crippen LogP contribution in [-0.4, -0.2) is 46.8 Å². The van der Waals surface area contributed by atoms with Crippen LogP contribution in [-0.2, 0) is 16.0 Å². The maximum atomic E-state index is 13.7. The Balaban J connectivity index is 1.75. The summed E-state index contributed by atoms with van der Waals surface area (Å²) in [5, 5.41) is 0. The van der Waals surface area contributed by atoms with E-state index in [0.29, 0.717) is 6.54 Å². The Hall–Kier alpha value is -1.98. The highest BCUT2D eigenvalue weighted by molar-refractivity contribution is 5.89. The van der Waals surface area contributed by atoms with E-state index in [1.54, 1.807) is 6.92 Å². The summed E-state index contributed by atoms with van der Waals surface area (Å²) in [5.41, 5.74) is 0.153. The van der Waals surface area contributed by atoms with Gasteiger partial charge in [-0.25, -0.2) is 8.78 Å². The molecule has 22 heavy (non-hydrogen) atoms. The van der Waals surface area contributed by atoms with Crippen molar-refractivity contribution >= 4 is 11.8 Å². The summed E-state index contributed by atoms with van der Waals surface area (Å²) in [6.45, 7) is 2.95. The quantitative estimate of drug-likeness (QED) is 0.835. The predicted octanol–water partition coefficient (Wildman–Crippen LogP) is 1.73. The van der Waals surface area contributed by atoms with E-state index in [1.165, 1.54) is 11.0 Å². The van der Waals surface area contributed by atoms with Crippen molar-refractivity contribution in [1.82, 2.24) is 9.80 Å². The number of hydrogen-bond donors (Lipinski definition) is 0. The van der Waals surface area contributed by atoms with E-state index in [2.05, 4.69) is 0 Å². The summed E-state index contributed by atoms with van der Waals surface area (Å²) in [7, 11) is 0. The minimum absolute atomic E-state index is 0.0401. The van der Waals surface area contributed by atoms with Gasteiger partial charge in [-0.15, -0.1) is 0 Å². The van der Waals surface area contributed by atoms with Gasteiger partial charge in [0.25, 0.3) is 0 Å². The summed E-state index contributed by atoms with van der Waals surface area (Å²) in [4.78, 5) is 28.1. The van der Waals surface area contributed by atoms with Crippen LogP contribution in [0, 0.1) is 11.6 Å². The van der Waals surface area contributed by atoms with Gasteiger partial charge in [0.05, 0.1) is 6.42 Å². The van der Waals surface area contributed by atoms with Crippen molar-refractivity contribution < 1.29 is 18.4 Å². The number of halogens is 2. The second-order valence-electron chi connectivity index (χ2n) is 5.96. The molecule has 0 unspecified atom stereocenters. The molecule has 3 rings (SSSR count). The topological polar surface area (TPSA) is 40.6 Å². The number of hydrogen-bond acceptors (Lipinski definition) is 2. The fourth-order valence-corrected chi connectivity index (χ4v) is 3.32. The van der Waals surface area contributed by atoms with Gasteiger partial charge >= 0.3 is 0 Å². The Morgan fingerprint density at radius 3 is 2.86 bits per heavy atom. The van der Waals surface area contributed by atoms with Gasteiger partial charge < -0.3 is 9.80 Å². The van der Waals surface area contributed by atoms with Crippen molar-refractivity contribution in [2.24, 2.45) is 0 Å². The Morgan fingerprint density at radius 1 is 1.36 bits per heavy atom. The van der Waals surface area contributed by atoms with Crippen molar-refractivity contribution in [3.05, 3.63) is 35.4 Å². The van der Waals surface area contributed by atoms with Gasteiger partial charge in [-0.3, -0.25) is 9.59 Å². The maximum absolute atomic E-state index is 13.7. The molecular formula is C16H18F2N2O2. The minimum Gasteiger partial charge on any atom is -0.336 e. The van der Waals surface area contributed by atoms with E-state index < -0.39 is 17.7 Å². The lowest BCUT2D eigenvalue weighted by molar-refractivity contribution is -0.152. The third kappa shape index (κ3) is 2.58. The lowest BCUT2D eigenvalue weighted by Crippen LogP contribution is -2.60. The van der Waals surface area contributed by atoms with E-state index in [0.717, 1.165) is 31.5 Å². The molecule has 0 aliphatic carbocycles. The summed E-state index contributed by atoms with van der Waals surface area (Å²) in [6.07, 6.45) is 1.70. The van der Waals surface area contributed by atoms with Crippen LogP contribution in [0.5, 0.6) is 0 Å². The summed E-state index contributed by atoms with van der Waals surface area (Å²) in [6, 6.07) is 2.73. The van der Waals surface area contributed by atoms with Gasteiger partial charge in [0.2, 0.25) is 11.8 Å². The van der Waals surface area contributed by atoms with Gasteiger partial charge in [0.1, 0.15) is 17.7 Å². The molecule has 0 saturated carbocycles. The zero-order valence-corrected chi connectivity index (χ0v) is 12.4. The molecule has 0 aromatic heterocycles. The van der Waals surface area contributed by atoms with Gasteiger partial charge in [-0.2, -0.15) is 0 Å². The van der Waals surface area contributed by atoms with Gasteiger partial charge in [0.15, 0.2) is 0 Å². The third-order valence-electron chi connectivity index (χ3n) is 4.57. The largest absolute Gasteiger partial charge is 0.336 e. The monoisotopic (exact) mass is 308 g/mol. The van der Waals surface area contributed by atoms with Crippen LogP contribution in [0.4, 0.5) is 8.78 Å². The van der Waals surface area contributed by atoms with Crippen molar-refractivity contribution in [3.8, 4) is 0 Å². The number of amides is 2. The number of fused-ring (bicyclic) bond motifs is 1. The van der Waals surface area contributed by atoms with E-state index >= 15 is 0 Å². The van der Waals surface area contributed by atoms with E-state index in [1.807, 2.05) is 4.90 Å². The fourth-order valence-electron chi connectivity index (χ4n) is 3.32. The summed E-state index contributed by atoms with van der Waals surface area (Å²) >= 11 is 0. The molecule has 0 radical (unpaired) electrons. The first-order chi connectivity index (χ1) is 10.5. The molecule has 2 heterocycles. The van der Waals surface area contributed by atoms with Crippen LogP contribution in [0.15, 0.2) is 18.2 Å². The maximum Gasteiger partial charge on any atom is 0.245 e. The Morgan fingerprint density at radius 2 is 2.14 bits per heavy atom. The molecule has 1 aromatic rings. The first-order valence-corrected chi connectivity index (χ1v) is 7.51. The molecule has 6 heteroatoms. The number of carbonyl (C=O) groups is 2. The molecule has 4 nitrogen and oxygen atoms in total. The SMILES string of the molecule is C[C@@H]1C(=O)N2CCC[C@@H]2CN1C(=O)Cc1ccc(F)cc1F. The molecule has 0 N–H and O–H groups in total. The second kappa shape index (κ2) is 5.66. The van der Waals surface area contributed by atoms with Crippen molar-refractivity contribution in [1.29, 1.82) is 0 Å². The first-order valence-electron chi connectivity index (χ1n) is 7.51. The lowest BCUT2D eigenvalue weighted by Gasteiger charge is -2.41. The van der Waals surface area contributed by atoms with Crippen LogP contribution >= 0.6 is 0 Å². The molecule has 0 spiro atoms. The van der Waals surface area contributed by atoms with Crippen LogP contribution in [0.25, 0.3) is 0 Å². The molecule has 2 saturated heterocycles. The second-order valence-corrected chi connectivity index (χ2v) is 5.96. The highest BCUT2D eigenvalue weighted by atomic mass is 19.1. The minimum atomic E-state index is -0.730. The molecule has 2 fully saturated rings. The number of rotatable bonds is 2. The smallest absolute Gasteiger partial charge is 0.245 e. The van der Waals surface area contributed by atoms with Crippen molar-refractivity contribution in [3.63, 3.8) is 0 Å². The highest BCUT2D eigenvalue weighted by Crippen LogP contribution is 2.26. The molecule has 2 atom stereocenters. The summed E-state index contributed by atoms with van der Waals surface area (Å²) < 4.78 is 26.6. The van der Waals surface area contributed by atoms with Crippen LogP contribution < -0.4 is 0 Å². The van der Waals surface area contributed by atoms with Crippen LogP contribution in [0.1, 0.15) is 25.3 Å². The summed E-state index contributed by atoms with van der Waals surface area (Å²) in [5.74, 6) is -1.73. The zero-order valence-electron chi connectivity index (χ0n) is 12.4. The van der Waals surface area contributed by atoms with E-state index in [4.69, 9.17) is 0 Å². The van der Waals surface area contributed by atoms with E-state index in [9.17, 15) is 18.4 Å². The molecule has 118 valence electrons. The van der Waals surface area contributed by atoms with Gasteiger partial charge in [-0.05, 0) is 31.4 Å². The van der Waals surface area contributed by atoms with E-state index in [-0.39, 0.29) is 29.8 Å². The van der Waals surface area contributed by atoms with Crippen molar-refractivity contribution in [2.45, 2.75) is 38.3 Å². The zero-order chi connectivity index (χ0) is 15.9. The van der Waals surface area contributed by atoms with Gasteiger partial charge in [-0.1, -0.05) is 6.07 Å². The highest BCUT2D eigenvalue weighted by Gasteiger charge is 2.41. The van der Waals surface area contributed by atoms with Crippen LogP contribution in [0.3, 0.4) is 0 Å². The van der Waals surface area contributed by atoms with Gasteiger partial charge in [0, 0.05) is 25.2 Å². The molecule has 2 amide bonds. The lowest BCUT2D eigenvalue weighted by atomic mass is 10.0. The Bertz CT molecular complexity index is 620. The number of piperazine rings is 1. The number of carbonyl (C=O) groups excluding carboxylic acids is 2. The van der Waals surface area contributed by atoms with Crippen LogP contribution in [0.2, 0.25) is 0 Å².